The summed E-state index contributed by atoms with van der Waals surface area (Å²) in [7, 11) is 1.52. The number of methoxy groups -OCH3 is 1. The lowest BCUT2D eigenvalue weighted by molar-refractivity contribution is 0.129. The molecule has 16 heavy (non-hydrogen) atoms. The number of ether oxygens (including phenoxy) is 1. The first kappa shape index (κ1) is 13.3. The highest BCUT2D eigenvalue weighted by Crippen LogP contribution is 2.28. The molecule has 90 valence electrons. The molecule has 0 spiro atoms. The summed E-state index contributed by atoms with van der Waals surface area (Å²) in [4.78, 5) is 0. The Balaban J connectivity index is 2.84. The molecule has 0 heterocycles. The van der Waals surface area contributed by atoms with Crippen LogP contribution in [0.15, 0.2) is 18.2 Å². The van der Waals surface area contributed by atoms with Crippen LogP contribution in [0.3, 0.4) is 0 Å². The van der Waals surface area contributed by atoms with E-state index in [1.165, 1.54) is 7.11 Å². The maximum atomic E-state index is 9.87. The van der Waals surface area contributed by atoms with Crippen LogP contribution in [0.25, 0.3) is 0 Å². The predicted octanol–water partition coefficient (Wildman–Crippen LogP) is 1.09. The Morgan fingerprint density at radius 2 is 2.19 bits per heavy atom. The van der Waals surface area contributed by atoms with Gasteiger partial charge < -0.3 is 20.7 Å². The predicted molar refractivity (Wildman–Crippen MR) is 62.6 cm³/mol. The summed E-state index contributed by atoms with van der Waals surface area (Å²) in [6.45, 7) is -0.0535. The molecular weight excluding hydrogens is 230 g/mol. The minimum atomic E-state index is -0.837. The summed E-state index contributed by atoms with van der Waals surface area (Å²) in [5.74, 6) is 0.549. The molecule has 1 aromatic carbocycles. The third-order valence-corrected chi connectivity index (χ3v) is 2.68. The molecule has 0 fully saturated rings. The van der Waals surface area contributed by atoms with Gasteiger partial charge >= 0.3 is 0 Å². The van der Waals surface area contributed by atoms with Gasteiger partial charge in [0.25, 0.3) is 0 Å². The van der Waals surface area contributed by atoms with E-state index in [1.54, 1.807) is 18.2 Å². The Hall–Kier alpha value is -0.810. The van der Waals surface area contributed by atoms with Gasteiger partial charge in [-0.3, -0.25) is 0 Å². The summed E-state index contributed by atoms with van der Waals surface area (Å²) in [6.07, 6.45) is -0.499. The van der Waals surface area contributed by atoms with Crippen LogP contribution in [0.5, 0.6) is 5.75 Å². The number of aliphatic hydroxyl groups excluding tert-OH is 2. The largest absolute Gasteiger partial charge is 0.495 e. The Labute approximate surface area is 99.6 Å². The van der Waals surface area contributed by atoms with Crippen LogP contribution in [-0.2, 0) is 0 Å². The zero-order chi connectivity index (χ0) is 12.1. The van der Waals surface area contributed by atoms with Crippen molar-refractivity contribution in [2.24, 2.45) is 5.73 Å². The van der Waals surface area contributed by atoms with Gasteiger partial charge in [0.1, 0.15) is 5.75 Å². The summed E-state index contributed by atoms with van der Waals surface area (Å²) in [5, 5.41) is 19.0. The highest BCUT2D eigenvalue weighted by Gasteiger charge is 2.17. The summed E-state index contributed by atoms with van der Waals surface area (Å²) < 4.78 is 5.00. The fourth-order valence-corrected chi connectivity index (χ4v) is 1.69. The average molecular weight is 246 g/mol. The minimum Gasteiger partial charge on any atom is -0.495 e. The SMILES string of the molecule is COc1ccc(C(O)C(N)CCO)cc1Cl. The molecule has 0 saturated heterocycles. The summed E-state index contributed by atoms with van der Waals surface area (Å²) in [5.41, 5.74) is 6.31. The zero-order valence-electron chi connectivity index (χ0n) is 9.06. The molecule has 2 unspecified atom stereocenters. The van der Waals surface area contributed by atoms with Crippen LogP contribution in [-0.4, -0.2) is 30.0 Å². The molecule has 0 amide bonds. The van der Waals surface area contributed by atoms with Crippen molar-refractivity contribution in [3.05, 3.63) is 28.8 Å². The Bertz CT molecular complexity index is 346. The smallest absolute Gasteiger partial charge is 0.137 e. The van der Waals surface area contributed by atoms with Crippen LogP contribution in [0.2, 0.25) is 5.02 Å². The molecule has 0 bridgehead atoms. The molecule has 4 N–H and O–H groups in total. The van der Waals surface area contributed by atoms with Crippen LogP contribution in [0.1, 0.15) is 18.1 Å². The van der Waals surface area contributed by atoms with Gasteiger partial charge in [0.2, 0.25) is 0 Å². The zero-order valence-corrected chi connectivity index (χ0v) is 9.81. The average Bonchev–Trinajstić information content (AvgIpc) is 2.28. The van der Waals surface area contributed by atoms with Crippen molar-refractivity contribution in [3.63, 3.8) is 0 Å². The number of halogens is 1. The second kappa shape index (κ2) is 6.06. The van der Waals surface area contributed by atoms with Crippen molar-refractivity contribution in [2.75, 3.05) is 13.7 Å². The lowest BCUT2D eigenvalue weighted by atomic mass is 10.0. The number of aliphatic hydroxyl groups is 2. The van der Waals surface area contributed by atoms with E-state index in [4.69, 9.17) is 27.2 Å². The quantitative estimate of drug-likeness (QED) is 0.726. The molecule has 1 rings (SSSR count). The van der Waals surface area contributed by atoms with Crippen LogP contribution in [0.4, 0.5) is 0 Å². The van der Waals surface area contributed by atoms with E-state index in [2.05, 4.69) is 0 Å². The molecule has 5 heteroatoms. The van der Waals surface area contributed by atoms with Crippen molar-refractivity contribution in [3.8, 4) is 5.75 Å². The third kappa shape index (κ3) is 3.09. The van der Waals surface area contributed by atoms with Gasteiger partial charge in [-0.05, 0) is 24.1 Å². The highest BCUT2D eigenvalue weighted by atomic mass is 35.5. The first-order valence-corrected chi connectivity index (χ1v) is 5.36. The van der Waals surface area contributed by atoms with E-state index in [0.29, 0.717) is 22.8 Å². The van der Waals surface area contributed by atoms with Gasteiger partial charge in [-0.15, -0.1) is 0 Å². The molecule has 0 saturated carbocycles. The number of rotatable bonds is 5. The lowest BCUT2D eigenvalue weighted by Gasteiger charge is -2.18. The number of nitrogens with two attached hydrogens (primary N) is 1. The van der Waals surface area contributed by atoms with Crippen LogP contribution in [0, 0.1) is 0 Å². The van der Waals surface area contributed by atoms with E-state index in [9.17, 15) is 5.11 Å². The van der Waals surface area contributed by atoms with Gasteiger partial charge in [-0.2, -0.15) is 0 Å². The highest BCUT2D eigenvalue weighted by molar-refractivity contribution is 6.32. The van der Waals surface area contributed by atoms with Crippen molar-refractivity contribution in [1.82, 2.24) is 0 Å². The molecule has 0 aliphatic rings. The standard InChI is InChI=1S/C11H16ClNO3/c1-16-10-3-2-7(6-8(10)12)11(15)9(13)4-5-14/h2-3,6,9,11,14-15H,4-5,13H2,1H3. The normalized spacial score (nSPS) is 14.6. The molecule has 0 aliphatic carbocycles. The van der Waals surface area contributed by atoms with Gasteiger partial charge in [0.15, 0.2) is 0 Å². The van der Waals surface area contributed by atoms with E-state index in [1.807, 2.05) is 0 Å². The van der Waals surface area contributed by atoms with Gasteiger partial charge in [0, 0.05) is 12.6 Å². The molecule has 0 radical (unpaired) electrons. The summed E-state index contributed by atoms with van der Waals surface area (Å²) >= 11 is 5.93. The Morgan fingerprint density at radius 1 is 1.50 bits per heavy atom. The van der Waals surface area contributed by atoms with Crippen LogP contribution >= 0.6 is 11.6 Å². The first-order valence-electron chi connectivity index (χ1n) is 4.98. The maximum absolute atomic E-state index is 9.87. The van der Waals surface area contributed by atoms with Gasteiger partial charge in [-0.1, -0.05) is 17.7 Å². The third-order valence-electron chi connectivity index (χ3n) is 2.39. The molecular formula is C11H16ClNO3. The van der Waals surface area contributed by atoms with Crippen molar-refractivity contribution >= 4 is 11.6 Å². The lowest BCUT2D eigenvalue weighted by Crippen LogP contribution is -2.29. The van der Waals surface area contributed by atoms with Gasteiger partial charge in [-0.25, -0.2) is 0 Å². The molecule has 4 nitrogen and oxygen atoms in total. The van der Waals surface area contributed by atoms with Gasteiger partial charge in [0.05, 0.1) is 18.2 Å². The van der Waals surface area contributed by atoms with E-state index in [-0.39, 0.29) is 6.61 Å². The maximum Gasteiger partial charge on any atom is 0.137 e. The molecule has 2 atom stereocenters. The second-order valence-corrected chi connectivity index (χ2v) is 3.92. The first-order chi connectivity index (χ1) is 7.60. The fraction of sp³-hybridized carbons (Fsp3) is 0.455. The monoisotopic (exact) mass is 245 g/mol. The minimum absolute atomic E-state index is 0.0535. The molecule has 0 aliphatic heterocycles. The molecule has 1 aromatic rings. The number of hydrogen-bond acceptors (Lipinski definition) is 4. The number of hydrogen-bond donors (Lipinski definition) is 3. The Kier molecular flexibility index (Phi) is 5.02. The van der Waals surface area contributed by atoms with Crippen molar-refractivity contribution in [1.29, 1.82) is 0 Å². The summed E-state index contributed by atoms with van der Waals surface area (Å²) in [6, 6.07) is 4.48. The molecule has 0 aromatic heterocycles. The fourth-order valence-electron chi connectivity index (χ4n) is 1.42. The van der Waals surface area contributed by atoms with Crippen molar-refractivity contribution < 1.29 is 14.9 Å². The topological polar surface area (TPSA) is 75.7 Å². The van der Waals surface area contributed by atoms with Crippen molar-refractivity contribution in [2.45, 2.75) is 18.6 Å². The van der Waals surface area contributed by atoms with E-state index >= 15 is 0 Å². The second-order valence-electron chi connectivity index (χ2n) is 3.51. The van der Waals surface area contributed by atoms with Crippen LogP contribution < -0.4 is 10.5 Å². The number of benzene rings is 1. The van der Waals surface area contributed by atoms with E-state index < -0.39 is 12.1 Å². The Morgan fingerprint density at radius 3 is 2.69 bits per heavy atom. The van der Waals surface area contributed by atoms with E-state index in [0.717, 1.165) is 0 Å².